The summed E-state index contributed by atoms with van der Waals surface area (Å²) in [6, 6.07) is 8.42. The zero-order chi connectivity index (χ0) is 19.4. The lowest BCUT2D eigenvalue weighted by Gasteiger charge is -2.36. The molecule has 0 unspecified atom stereocenters. The first kappa shape index (κ1) is 20.0. The van der Waals surface area contributed by atoms with Gasteiger partial charge in [-0.1, -0.05) is 15.9 Å². The van der Waals surface area contributed by atoms with Crippen LogP contribution in [0.25, 0.3) is 0 Å². The lowest BCUT2D eigenvalue weighted by atomic mass is 10.1. The second kappa shape index (κ2) is 8.99. The monoisotopic (exact) mass is 434 g/mol. The maximum absolute atomic E-state index is 12.7. The number of ether oxygens (including phenoxy) is 1. The summed E-state index contributed by atoms with van der Waals surface area (Å²) in [6.07, 6.45) is 1.58. The second-order valence-electron chi connectivity index (χ2n) is 7.14. The fraction of sp³-hybridized carbons (Fsp3) is 0.500. The highest BCUT2D eigenvalue weighted by Crippen LogP contribution is 2.17. The minimum absolute atomic E-state index is 0.0582. The predicted molar refractivity (Wildman–Crippen MR) is 109 cm³/mol. The van der Waals surface area contributed by atoms with Gasteiger partial charge in [0.15, 0.2) is 0 Å². The summed E-state index contributed by atoms with van der Waals surface area (Å²) in [5.41, 5.74) is 1.16. The summed E-state index contributed by atoms with van der Waals surface area (Å²) in [4.78, 5) is 21.8. The molecule has 0 aliphatic carbocycles. The Bertz CT molecular complexity index is 765. The number of rotatable bonds is 7. The van der Waals surface area contributed by atoms with Crippen LogP contribution in [-0.4, -0.2) is 70.5 Å². The van der Waals surface area contributed by atoms with E-state index >= 15 is 0 Å². The summed E-state index contributed by atoms with van der Waals surface area (Å²) < 4.78 is 8.51. The second-order valence-corrected chi connectivity index (χ2v) is 8.06. The average Bonchev–Trinajstić information content (AvgIpc) is 3.03. The number of halogens is 1. The Hall–Kier alpha value is -1.70. The van der Waals surface area contributed by atoms with Crippen LogP contribution < -0.4 is 4.74 Å². The molecular formula is C20H27BrN4O2. The van der Waals surface area contributed by atoms with Crippen LogP contribution in [0, 0.1) is 0 Å². The smallest absolute Gasteiger partial charge is 0.296 e. The summed E-state index contributed by atoms with van der Waals surface area (Å²) in [5, 5.41) is 0. The van der Waals surface area contributed by atoms with E-state index in [0.717, 1.165) is 37.2 Å². The van der Waals surface area contributed by atoms with Crippen molar-refractivity contribution in [2.24, 2.45) is 7.05 Å². The van der Waals surface area contributed by atoms with E-state index in [0.29, 0.717) is 29.9 Å². The Morgan fingerprint density at radius 3 is 2.48 bits per heavy atom. The number of aromatic nitrogens is 2. The van der Waals surface area contributed by atoms with Gasteiger partial charge in [0, 0.05) is 55.8 Å². The van der Waals surface area contributed by atoms with Gasteiger partial charge in [0.25, 0.3) is 6.01 Å². The van der Waals surface area contributed by atoms with Crippen molar-refractivity contribution >= 4 is 21.7 Å². The van der Waals surface area contributed by atoms with Crippen LogP contribution in [0.2, 0.25) is 0 Å². The molecule has 6 nitrogen and oxygen atoms in total. The molecule has 0 N–H and O–H groups in total. The van der Waals surface area contributed by atoms with Gasteiger partial charge in [0.1, 0.15) is 12.3 Å². The molecule has 1 fully saturated rings. The molecule has 1 aliphatic heterocycles. The predicted octanol–water partition coefficient (Wildman–Crippen LogP) is 2.82. The molecule has 1 aromatic heterocycles. The molecule has 2 heterocycles. The molecule has 0 saturated carbocycles. The number of piperazine rings is 1. The van der Waals surface area contributed by atoms with Gasteiger partial charge in [-0.2, -0.15) is 0 Å². The number of ketones is 1. The molecule has 0 atom stereocenters. The van der Waals surface area contributed by atoms with E-state index in [-0.39, 0.29) is 5.78 Å². The zero-order valence-corrected chi connectivity index (χ0v) is 17.8. The fourth-order valence-corrected chi connectivity index (χ4v) is 3.52. The molecule has 7 heteroatoms. The lowest BCUT2D eigenvalue weighted by molar-refractivity contribution is 0.0949. The van der Waals surface area contributed by atoms with E-state index in [4.69, 9.17) is 4.74 Å². The molecule has 3 rings (SSSR count). The number of nitrogens with zero attached hydrogens (tertiary/aromatic N) is 4. The van der Waals surface area contributed by atoms with Gasteiger partial charge in [-0.25, -0.2) is 4.98 Å². The maximum atomic E-state index is 12.7. The molecule has 1 aliphatic rings. The van der Waals surface area contributed by atoms with Crippen LogP contribution in [0.3, 0.4) is 0 Å². The standard InChI is InChI=1S/C20H27BrN4O2/c1-15(2)25-10-8-24(9-11-25)12-13-27-20-22-14-18(23(20)3)19(26)16-4-6-17(21)7-5-16/h4-7,14-15H,8-13H2,1-3H3. The molecular weight excluding hydrogens is 408 g/mol. The van der Waals surface area contributed by atoms with E-state index in [1.54, 1.807) is 22.9 Å². The molecule has 0 radical (unpaired) electrons. The molecule has 1 saturated heterocycles. The highest BCUT2D eigenvalue weighted by molar-refractivity contribution is 9.10. The maximum Gasteiger partial charge on any atom is 0.296 e. The Morgan fingerprint density at radius 1 is 1.19 bits per heavy atom. The van der Waals surface area contributed by atoms with Crippen molar-refractivity contribution in [2.75, 3.05) is 39.3 Å². The van der Waals surface area contributed by atoms with E-state index in [1.165, 1.54) is 0 Å². The fourth-order valence-electron chi connectivity index (χ4n) is 3.26. The molecule has 146 valence electrons. The van der Waals surface area contributed by atoms with E-state index in [1.807, 2.05) is 19.2 Å². The number of benzene rings is 1. The first-order valence-electron chi connectivity index (χ1n) is 9.37. The van der Waals surface area contributed by atoms with Gasteiger partial charge in [-0.3, -0.25) is 19.2 Å². The quantitative estimate of drug-likeness (QED) is 0.627. The Labute approximate surface area is 169 Å². The van der Waals surface area contributed by atoms with E-state index in [9.17, 15) is 4.79 Å². The van der Waals surface area contributed by atoms with Crippen LogP contribution in [0.4, 0.5) is 0 Å². The summed E-state index contributed by atoms with van der Waals surface area (Å²) in [7, 11) is 1.82. The van der Waals surface area contributed by atoms with Gasteiger partial charge in [-0.15, -0.1) is 0 Å². The van der Waals surface area contributed by atoms with Crippen LogP contribution in [0.5, 0.6) is 6.01 Å². The molecule has 0 amide bonds. The van der Waals surface area contributed by atoms with Crippen molar-refractivity contribution in [1.29, 1.82) is 0 Å². The first-order chi connectivity index (χ1) is 13.0. The van der Waals surface area contributed by atoms with Crippen molar-refractivity contribution in [1.82, 2.24) is 19.4 Å². The van der Waals surface area contributed by atoms with Crippen LogP contribution >= 0.6 is 15.9 Å². The summed E-state index contributed by atoms with van der Waals surface area (Å²) in [5.74, 6) is -0.0582. The topological polar surface area (TPSA) is 50.6 Å². The van der Waals surface area contributed by atoms with Gasteiger partial charge >= 0.3 is 0 Å². The first-order valence-corrected chi connectivity index (χ1v) is 10.2. The number of carbonyl (C=O) groups excluding carboxylic acids is 1. The molecule has 0 spiro atoms. The third kappa shape index (κ3) is 4.97. The summed E-state index contributed by atoms with van der Waals surface area (Å²) in [6.45, 7) is 10.3. The number of hydrogen-bond acceptors (Lipinski definition) is 5. The number of carbonyl (C=O) groups is 1. The Morgan fingerprint density at radius 2 is 1.85 bits per heavy atom. The SMILES string of the molecule is CC(C)N1CCN(CCOc2ncc(C(=O)c3ccc(Br)cc3)n2C)CC1. The van der Waals surface area contributed by atoms with Gasteiger partial charge in [-0.05, 0) is 38.1 Å². The van der Waals surface area contributed by atoms with Crippen molar-refractivity contribution in [2.45, 2.75) is 19.9 Å². The molecule has 27 heavy (non-hydrogen) atoms. The zero-order valence-electron chi connectivity index (χ0n) is 16.2. The Balaban J connectivity index is 1.52. The van der Waals surface area contributed by atoms with Crippen molar-refractivity contribution < 1.29 is 9.53 Å². The third-order valence-electron chi connectivity index (χ3n) is 5.06. The van der Waals surface area contributed by atoms with E-state index in [2.05, 4.69) is 44.6 Å². The summed E-state index contributed by atoms with van der Waals surface area (Å²) >= 11 is 3.39. The minimum atomic E-state index is -0.0582. The third-order valence-corrected chi connectivity index (χ3v) is 5.59. The van der Waals surface area contributed by atoms with Crippen molar-refractivity contribution in [3.05, 3.63) is 46.2 Å². The molecule has 2 aromatic rings. The average molecular weight is 435 g/mol. The number of hydrogen-bond donors (Lipinski definition) is 0. The normalized spacial score (nSPS) is 16.0. The Kier molecular flexibility index (Phi) is 6.68. The van der Waals surface area contributed by atoms with E-state index < -0.39 is 0 Å². The largest absolute Gasteiger partial charge is 0.463 e. The van der Waals surface area contributed by atoms with Gasteiger partial charge in [0.2, 0.25) is 5.78 Å². The van der Waals surface area contributed by atoms with Crippen LogP contribution in [0.15, 0.2) is 34.9 Å². The van der Waals surface area contributed by atoms with Crippen molar-refractivity contribution in [3.63, 3.8) is 0 Å². The lowest BCUT2D eigenvalue weighted by Crippen LogP contribution is -2.49. The van der Waals surface area contributed by atoms with Crippen molar-refractivity contribution in [3.8, 4) is 6.01 Å². The highest BCUT2D eigenvalue weighted by Gasteiger charge is 2.19. The van der Waals surface area contributed by atoms with Gasteiger partial charge < -0.3 is 4.74 Å². The van der Waals surface area contributed by atoms with Crippen LogP contribution in [0.1, 0.15) is 29.9 Å². The van der Waals surface area contributed by atoms with Crippen LogP contribution in [-0.2, 0) is 7.05 Å². The molecule has 1 aromatic carbocycles. The highest BCUT2D eigenvalue weighted by atomic mass is 79.9. The minimum Gasteiger partial charge on any atom is -0.463 e. The van der Waals surface area contributed by atoms with Gasteiger partial charge in [0.05, 0.1) is 6.20 Å². The number of imidazole rings is 1. The molecule has 0 bridgehead atoms.